The van der Waals surface area contributed by atoms with E-state index in [2.05, 4.69) is 4.99 Å². The third kappa shape index (κ3) is 2.40. The van der Waals surface area contributed by atoms with Crippen molar-refractivity contribution in [3.8, 4) is 0 Å². The topological polar surface area (TPSA) is 38.7 Å². The zero-order valence-corrected chi connectivity index (χ0v) is 11.4. The highest BCUT2D eigenvalue weighted by Gasteiger charge is 2.24. The first-order chi connectivity index (χ1) is 9.63. The number of carbonyl (C=O) groups is 1. The minimum Gasteiger partial charge on any atom is -0.402 e. The molecule has 0 aliphatic carbocycles. The van der Waals surface area contributed by atoms with E-state index in [4.69, 9.17) is 4.74 Å². The van der Waals surface area contributed by atoms with E-state index in [0.717, 1.165) is 10.4 Å². The zero-order valence-electron chi connectivity index (χ0n) is 10.6. The van der Waals surface area contributed by atoms with Gasteiger partial charge in [-0.2, -0.15) is 0 Å². The van der Waals surface area contributed by atoms with Crippen LogP contribution in [0.5, 0.6) is 0 Å². The molecule has 1 aromatic carbocycles. The van der Waals surface area contributed by atoms with Crippen molar-refractivity contribution in [2.75, 3.05) is 0 Å². The Kier molecular flexibility index (Phi) is 3.20. The van der Waals surface area contributed by atoms with Gasteiger partial charge in [-0.1, -0.05) is 0 Å². The molecule has 0 radical (unpaired) electrons. The van der Waals surface area contributed by atoms with Gasteiger partial charge in [-0.05, 0) is 54.3 Å². The maximum atomic E-state index is 12.9. The highest BCUT2D eigenvalue weighted by molar-refractivity contribution is 7.11. The molecule has 1 aliphatic rings. The monoisotopic (exact) mass is 287 g/mol. The number of thiophene rings is 1. The van der Waals surface area contributed by atoms with Gasteiger partial charge in [0.25, 0.3) is 0 Å². The Balaban J connectivity index is 1.95. The van der Waals surface area contributed by atoms with Crippen LogP contribution in [0, 0.1) is 12.7 Å². The zero-order chi connectivity index (χ0) is 14.1. The summed E-state index contributed by atoms with van der Waals surface area (Å²) in [6.45, 7) is 1.97. The van der Waals surface area contributed by atoms with Gasteiger partial charge in [0.2, 0.25) is 5.90 Å². The Morgan fingerprint density at radius 1 is 1.25 bits per heavy atom. The largest absolute Gasteiger partial charge is 0.402 e. The third-order valence-corrected chi connectivity index (χ3v) is 3.85. The summed E-state index contributed by atoms with van der Waals surface area (Å²) in [6, 6.07) is 7.64. The fourth-order valence-electron chi connectivity index (χ4n) is 1.78. The molecular formula is C15H10FNO2S. The number of ether oxygens (including phenoxy) is 1. The second kappa shape index (κ2) is 5.02. The van der Waals surface area contributed by atoms with Crippen LogP contribution in [0.25, 0.3) is 6.08 Å². The molecule has 3 rings (SSSR count). The van der Waals surface area contributed by atoms with Gasteiger partial charge in [-0.3, -0.25) is 0 Å². The predicted octanol–water partition coefficient (Wildman–Crippen LogP) is 3.54. The molecule has 0 saturated carbocycles. The van der Waals surface area contributed by atoms with Crippen LogP contribution in [0.2, 0.25) is 0 Å². The Bertz CT molecular complexity index is 729. The summed E-state index contributed by atoms with van der Waals surface area (Å²) in [7, 11) is 0. The lowest BCUT2D eigenvalue weighted by atomic mass is 10.2. The average Bonchev–Trinajstić information content (AvgIpc) is 2.99. The molecule has 1 aromatic heterocycles. The highest BCUT2D eigenvalue weighted by atomic mass is 32.1. The summed E-state index contributed by atoms with van der Waals surface area (Å²) in [6.07, 6.45) is 1.71. The van der Waals surface area contributed by atoms with Gasteiger partial charge in [0.1, 0.15) is 5.82 Å². The fourth-order valence-corrected chi connectivity index (χ4v) is 2.63. The molecule has 0 bridgehead atoms. The molecule has 0 amide bonds. The normalized spacial score (nSPS) is 16.4. The lowest BCUT2D eigenvalue weighted by molar-refractivity contribution is -0.129. The van der Waals surface area contributed by atoms with Crippen molar-refractivity contribution in [1.82, 2.24) is 0 Å². The van der Waals surface area contributed by atoms with E-state index in [1.807, 2.05) is 18.4 Å². The third-order valence-electron chi connectivity index (χ3n) is 2.88. The molecule has 20 heavy (non-hydrogen) atoms. The van der Waals surface area contributed by atoms with Gasteiger partial charge >= 0.3 is 5.97 Å². The quantitative estimate of drug-likeness (QED) is 0.626. The van der Waals surface area contributed by atoms with Gasteiger partial charge in [-0.15, -0.1) is 11.3 Å². The fraction of sp³-hybridized carbons (Fsp3) is 0.0667. The summed E-state index contributed by atoms with van der Waals surface area (Å²) >= 11 is 1.53. The summed E-state index contributed by atoms with van der Waals surface area (Å²) in [5, 5.41) is 1.95. The number of esters is 1. The molecule has 5 heteroatoms. The summed E-state index contributed by atoms with van der Waals surface area (Å²) in [5.41, 5.74) is 1.92. The average molecular weight is 287 g/mol. The van der Waals surface area contributed by atoms with E-state index in [-0.39, 0.29) is 17.4 Å². The molecule has 100 valence electrons. The van der Waals surface area contributed by atoms with Crippen LogP contribution in [-0.2, 0) is 9.53 Å². The van der Waals surface area contributed by atoms with Crippen LogP contribution < -0.4 is 0 Å². The van der Waals surface area contributed by atoms with Crippen LogP contribution in [0.3, 0.4) is 0 Å². The van der Waals surface area contributed by atoms with Crippen molar-refractivity contribution < 1.29 is 13.9 Å². The van der Waals surface area contributed by atoms with Crippen molar-refractivity contribution in [3.05, 3.63) is 63.2 Å². The Labute approximate surface area is 119 Å². The molecule has 2 heterocycles. The molecule has 0 unspecified atom stereocenters. The standard InChI is InChI=1S/C15H10FNO2S/c1-9-6-7-20-13(9)8-12-15(18)19-14(17-12)10-2-4-11(16)5-3-10/h2-8H,1H3. The van der Waals surface area contributed by atoms with Crippen LogP contribution in [-0.4, -0.2) is 11.9 Å². The Hall–Kier alpha value is -2.27. The molecule has 2 aromatic rings. The molecular weight excluding hydrogens is 277 g/mol. The number of nitrogens with zero attached hydrogens (tertiary/aromatic N) is 1. The maximum Gasteiger partial charge on any atom is 0.363 e. The van der Waals surface area contributed by atoms with Crippen LogP contribution in [0.4, 0.5) is 4.39 Å². The number of carbonyl (C=O) groups excluding carboxylic acids is 1. The molecule has 0 spiro atoms. The van der Waals surface area contributed by atoms with E-state index in [9.17, 15) is 9.18 Å². The molecule has 0 fully saturated rings. The number of rotatable bonds is 2. The first kappa shape index (κ1) is 12.7. The Morgan fingerprint density at radius 3 is 2.65 bits per heavy atom. The first-order valence-corrected chi connectivity index (χ1v) is 6.84. The van der Waals surface area contributed by atoms with Crippen LogP contribution in [0.15, 0.2) is 46.4 Å². The predicted molar refractivity (Wildman–Crippen MR) is 76.1 cm³/mol. The van der Waals surface area contributed by atoms with Crippen molar-refractivity contribution in [1.29, 1.82) is 0 Å². The van der Waals surface area contributed by atoms with E-state index in [0.29, 0.717) is 5.56 Å². The van der Waals surface area contributed by atoms with Crippen molar-refractivity contribution in [3.63, 3.8) is 0 Å². The molecule has 0 N–H and O–H groups in total. The first-order valence-electron chi connectivity index (χ1n) is 5.96. The smallest absolute Gasteiger partial charge is 0.363 e. The van der Waals surface area contributed by atoms with Crippen molar-refractivity contribution in [2.45, 2.75) is 6.92 Å². The lowest BCUT2D eigenvalue weighted by Gasteiger charge is -1.98. The Morgan fingerprint density at radius 2 is 2.00 bits per heavy atom. The molecule has 1 aliphatic heterocycles. The van der Waals surface area contributed by atoms with Gasteiger partial charge in [0, 0.05) is 10.4 Å². The minimum atomic E-state index is -0.489. The number of benzene rings is 1. The number of aliphatic imine (C=N–C) groups is 1. The molecule has 0 saturated heterocycles. The van der Waals surface area contributed by atoms with Crippen LogP contribution >= 0.6 is 11.3 Å². The molecule has 3 nitrogen and oxygen atoms in total. The number of halogens is 1. The second-order valence-electron chi connectivity index (χ2n) is 4.31. The maximum absolute atomic E-state index is 12.9. The van der Waals surface area contributed by atoms with E-state index >= 15 is 0 Å². The highest BCUT2D eigenvalue weighted by Crippen LogP contribution is 2.23. The number of cyclic esters (lactones) is 1. The summed E-state index contributed by atoms with van der Waals surface area (Å²) in [5.74, 6) is -0.628. The molecule has 0 atom stereocenters. The van der Waals surface area contributed by atoms with Gasteiger partial charge in [0.15, 0.2) is 5.70 Å². The summed E-state index contributed by atoms with van der Waals surface area (Å²) in [4.78, 5) is 16.9. The minimum absolute atomic E-state index is 0.204. The summed E-state index contributed by atoms with van der Waals surface area (Å²) < 4.78 is 18.0. The van der Waals surface area contributed by atoms with Crippen LogP contribution in [0.1, 0.15) is 16.0 Å². The number of aryl methyl sites for hydroxylation is 1. The van der Waals surface area contributed by atoms with E-state index in [1.54, 1.807) is 6.08 Å². The van der Waals surface area contributed by atoms with Crippen molar-refractivity contribution in [2.24, 2.45) is 4.99 Å². The van der Waals surface area contributed by atoms with Gasteiger partial charge in [-0.25, -0.2) is 14.2 Å². The number of hydrogen-bond acceptors (Lipinski definition) is 4. The van der Waals surface area contributed by atoms with E-state index < -0.39 is 5.97 Å². The van der Waals surface area contributed by atoms with Gasteiger partial charge < -0.3 is 4.74 Å². The number of hydrogen-bond donors (Lipinski definition) is 0. The second-order valence-corrected chi connectivity index (χ2v) is 5.26. The SMILES string of the molecule is Cc1ccsc1C=C1N=C(c2ccc(F)cc2)OC1=O. The lowest BCUT2D eigenvalue weighted by Crippen LogP contribution is -2.05. The van der Waals surface area contributed by atoms with Gasteiger partial charge in [0.05, 0.1) is 0 Å². The van der Waals surface area contributed by atoms with Crippen molar-refractivity contribution >= 4 is 29.3 Å². The van der Waals surface area contributed by atoms with E-state index in [1.165, 1.54) is 35.6 Å².